The normalized spacial score (nSPS) is 11.4. The molecular formula is C23H26N2O2. The maximum absolute atomic E-state index is 5.46. The number of benzene rings is 2. The van der Waals surface area contributed by atoms with E-state index in [0.29, 0.717) is 0 Å². The minimum Gasteiger partial charge on any atom is -0.497 e. The van der Waals surface area contributed by atoms with Crippen LogP contribution in [0.25, 0.3) is 21.8 Å². The number of rotatable bonds is 6. The van der Waals surface area contributed by atoms with Crippen molar-refractivity contribution in [3.8, 4) is 11.5 Å². The summed E-state index contributed by atoms with van der Waals surface area (Å²) < 4.78 is 15.5. The van der Waals surface area contributed by atoms with Gasteiger partial charge in [0.15, 0.2) is 0 Å². The first kappa shape index (κ1) is 17.5. The Balaban J connectivity index is 1.86. The number of nitrogens with zero attached hydrogens (tertiary/aromatic N) is 2. The Bertz CT molecular complexity index is 1020. The number of aromatic nitrogens is 2. The van der Waals surface area contributed by atoms with Crippen molar-refractivity contribution >= 4 is 21.8 Å². The molecule has 0 N–H and O–H groups in total. The molecule has 0 amide bonds. The van der Waals surface area contributed by atoms with Crippen molar-refractivity contribution in [3.63, 3.8) is 0 Å². The largest absolute Gasteiger partial charge is 0.497 e. The number of hydrogen-bond donors (Lipinski definition) is 0. The Hall–Kier alpha value is -2.88. The molecule has 0 radical (unpaired) electrons. The van der Waals surface area contributed by atoms with Gasteiger partial charge in [0.25, 0.3) is 0 Å². The van der Waals surface area contributed by atoms with E-state index in [-0.39, 0.29) is 0 Å². The summed E-state index contributed by atoms with van der Waals surface area (Å²) in [5.41, 5.74) is 5.16. The third kappa shape index (κ3) is 2.95. The van der Waals surface area contributed by atoms with Crippen LogP contribution in [0.1, 0.15) is 25.0 Å². The van der Waals surface area contributed by atoms with E-state index in [0.717, 1.165) is 31.0 Å². The summed E-state index contributed by atoms with van der Waals surface area (Å²) in [7, 11) is 3.44. The minimum absolute atomic E-state index is 0.882. The fourth-order valence-corrected chi connectivity index (χ4v) is 3.96. The lowest BCUT2D eigenvalue weighted by molar-refractivity contribution is 0.415. The lowest BCUT2D eigenvalue weighted by atomic mass is 10.0. The van der Waals surface area contributed by atoms with Crippen molar-refractivity contribution in [2.24, 2.45) is 0 Å². The SMILES string of the molecule is CCn1cc(Cc2cn(CC)c3ccc(OC)cc23)c2cc(OC)ccc21. The van der Waals surface area contributed by atoms with Gasteiger partial charge in [-0.25, -0.2) is 0 Å². The highest BCUT2D eigenvalue weighted by Gasteiger charge is 2.14. The fourth-order valence-electron chi connectivity index (χ4n) is 3.96. The van der Waals surface area contributed by atoms with Gasteiger partial charge in [-0.2, -0.15) is 0 Å². The van der Waals surface area contributed by atoms with Crippen LogP contribution in [0.5, 0.6) is 11.5 Å². The molecule has 0 unspecified atom stereocenters. The summed E-state index contributed by atoms with van der Waals surface area (Å²) in [5.74, 6) is 1.80. The van der Waals surface area contributed by atoms with Crippen LogP contribution in [0.3, 0.4) is 0 Å². The molecule has 0 aliphatic carbocycles. The quantitative estimate of drug-likeness (QED) is 0.469. The predicted molar refractivity (Wildman–Crippen MR) is 111 cm³/mol. The van der Waals surface area contributed by atoms with Crippen LogP contribution in [0.2, 0.25) is 0 Å². The second-order valence-electron chi connectivity index (χ2n) is 6.82. The van der Waals surface area contributed by atoms with Crippen molar-refractivity contribution in [2.45, 2.75) is 33.4 Å². The van der Waals surface area contributed by atoms with Crippen LogP contribution in [-0.2, 0) is 19.5 Å². The van der Waals surface area contributed by atoms with Gasteiger partial charge in [0.1, 0.15) is 11.5 Å². The van der Waals surface area contributed by atoms with E-state index in [1.807, 2.05) is 12.1 Å². The molecule has 2 heterocycles. The molecule has 4 aromatic rings. The molecule has 0 atom stereocenters. The molecule has 0 fully saturated rings. The van der Waals surface area contributed by atoms with Gasteiger partial charge in [0.05, 0.1) is 14.2 Å². The van der Waals surface area contributed by atoms with Crippen molar-refractivity contribution in [2.75, 3.05) is 14.2 Å². The van der Waals surface area contributed by atoms with Crippen LogP contribution in [0.4, 0.5) is 0 Å². The molecular weight excluding hydrogens is 336 g/mol. The standard InChI is InChI=1S/C23H26N2O2/c1-5-24-14-16(20-12-18(26-3)7-9-22(20)24)11-17-15-25(6-2)23-10-8-19(27-4)13-21(17)23/h7-10,12-15H,5-6,11H2,1-4H3. The van der Waals surface area contributed by atoms with E-state index >= 15 is 0 Å². The number of aryl methyl sites for hydroxylation is 2. The van der Waals surface area contributed by atoms with Gasteiger partial charge < -0.3 is 18.6 Å². The molecule has 140 valence electrons. The van der Waals surface area contributed by atoms with Crippen molar-refractivity contribution in [1.29, 1.82) is 0 Å². The van der Waals surface area contributed by atoms with Crippen LogP contribution < -0.4 is 9.47 Å². The van der Waals surface area contributed by atoms with Gasteiger partial charge in [0.2, 0.25) is 0 Å². The Labute approximate surface area is 159 Å². The van der Waals surface area contributed by atoms with Crippen LogP contribution >= 0.6 is 0 Å². The molecule has 27 heavy (non-hydrogen) atoms. The van der Waals surface area contributed by atoms with Gasteiger partial charge in [-0.3, -0.25) is 0 Å². The molecule has 0 aliphatic rings. The lowest BCUT2D eigenvalue weighted by Crippen LogP contribution is -1.91. The second kappa shape index (κ2) is 7.03. The van der Waals surface area contributed by atoms with Gasteiger partial charge in [-0.1, -0.05) is 0 Å². The van der Waals surface area contributed by atoms with Gasteiger partial charge >= 0.3 is 0 Å². The number of hydrogen-bond acceptors (Lipinski definition) is 2. The summed E-state index contributed by atoms with van der Waals surface area (Å²) in [5, 5.41) is 2.52. The monoisotopic (exact) mass is 362 g/mol. The van der Waals surface area contributed by atoms with E-state index in [2.05, 4.69) is 59.6 Å². The number of fused-ring (bicyclic) bond motifs is 2. The fraction of sp³-hybridized carbons (Fsp3) is 0.304. The molecule has 2 aromatic heterocycles. The summed E-state index contributed by atoms with van der Waals surface area (Å²) >= 11 is 0. The number of ether oxygens (including phenoxy) is 2. The average molecular weight is 362 g/mol. The molecule has 0 bridgehead atoms. The maximum Gasteiger partial charge on any atom is 0.119 e. The summed E-state index contributed by atoms with van der Waals surface area (Å²) in [4.78, 5) is 0. The van der Waals surface area contributed by atoms with E-state index in [1.165, 1.54) is 32.9 Å². The Kier molecular flexibility index (Phi) is 4.56. The molecule has 0 saturated carbocycles. The van der Waals surface area contributed by atoms with Crippen LogP contribution in [-0.4, -0.2) is 23.4 Å². The Morgan fingerprint density at radius 1 is 0.704 bits per heavy atom. The minimum atomic E-state index is 0.882. The van der Waals surface area contributed by atoms with Gasteiger partial charge in [0, 0.05) is 53.7 Å². The predicted octanol–water partition coefficient (Wildman–Crippen LogP) is 5.24. The van der Waals surface area contributed by atoms with E-state index in [1.54, 1.807) is 14.2 Å². The second-order valence-corrected chi connectivity index (χ2v) is 6.82. The first-order chi connectivity index (χ1) is 13.2. The van der Waals surface area contributed by atoms with E-state index in [9.17, 15) is 0 Å². The van der Waals surface area contributed by atoms with Crippen LogP contribution in [0, 0.1) is 0 Å². The van der Waals surface area contributed by atoms with Crippen molar-refractivity contribution < 1.29 is 9.47 Å². The zero-order valence-corrected chi connectivity index (χ0v) is 16.5. The smallest absolute Gasteiger partial charge is 0.119 e. The zero-order chi connectivity index (χ0) is 19.0. The first-order valence-electron chi connectivity index (χ1n) is 9.50. The Morgan fingerprint density at radius 3 is 1.52 bits per heavy atom. The highest BCUT2D eigenvalue weighted by molar-refractivity contribution is 5.89. The van der Waals surface area contributed by atoms with Crippen LogP contribution in [0.15, 0.2) is 48.8 Å². The molecule has 0 spiro atoms. The third-order valence-electron chi connectivity index (χ3n) is 5.40. The number of methoxy groups -OCH3 is 2. The summed E-state index contributed by atoms with van der Waals surface area (Å²) in [6.07, 6.45) is 5.44. The summed E-state index contributed by atoms with van der Waals surface area (Å²) in [6.45, 7) is 6.27. The average Bonchev–Trinajstić information content (AvgIpc) is 3.25. The van der Waals surface area contributed by atoms with Crippen molar-refractivity contribution in [1.82, 2.24) is 9.13 Å². The van der Waals surface area contributed by atoms with Gasteiger partial charge in [-0.15, -0.1) is 0 Å². The van der Waals surface area contributed by atoms with E-state index in [4.69, 9.17) is 9.47 Å². The third-order valence-corrected chi connectivity index (χ3v) is 5.40. The van der Waals surface area contributed by atoms with Gasteiger partial charge in [-0.05, 0) is 61.4 Å². The molecule has 2 aromatic carbocycles. The first-order valence-corrected chi connectivity index (χ1v) is 9.50. The molecule has 4 heteroatoms. The summed E-state index contributed by atoms with van der Waals surface area (Å²) in [6, 6.07) is 12.7. The highest BCUT2D eigenvalue weighted by Crippen LogP contribution is 2.32. The molecule has 4 nitrogen and oxygen atoms in total. The topological polar surface area (TPSA) is 28.3 Å². The van der Waals surface area contributed by atoms with E-state index < -0.39 is 0 Å². The molecule has 0 saturated heterocycles. The zero-order valence-electron chi connectivity index (χ0n) is 16.5. The highest BCUT2D eigenvalue weighted by atomic mass is 16.5. The molecule has 4 rings (SSSR count). The molecule has 0 aliphatic heterocycles. The van der Waals surface area contributed by atoms with Crippen molar-refractivity contribution in [3.05, 3.63) is 59.9 Å². The Morgan fingerprint density at radius 2 is 1.15 bits per heavy atom. The maximum atomic E-state index is 5.46. The lowest BCUT2D eigenvalue weighted by Gasteiger charge is -2.04.